The Kier molecular flexibility index (Phi) is 7.86. The van der Waals surface area contributed by atoms with Gasteiger partial charge in [0.15, 0.2) is 0 Å². The van der Waals surface area contributed by atoms with Crippen molar-refractivity contribution in [3.8, 4) is 0 Å². The summed E-state index contributed by atoms with van der Waals surface area (Å²) in [5.41, 5.74) is 4.00. The van der Waals surface area contributed by atoms with Crippen LogP contribution in [0.1, 0.15) is 22.6 Å². The van der Waals surface area contributed by atoms with Crippen molar-refractivity contribution in [1.82, 2.24) is 0 Å². The minimum absolute atomic E-state index is 0.309. The van der Waals surface area contributed by atoms with Crippen LogP contribution in [0.4, 0.5) is 0 Å². The van der Waals surface area contributed by atoms with Crippen LogP contribution in [0.25, 0.3) is 0 Å². The van der Waals surface area contributed by atoms with E-state index in [-0.39, 0.29) is 13.2 Å². The van der Waals surface area contributed by atoms with Gasteiger partial charge in [0.25, 0.3) is 0 Å². The summed E-state index contributed by atoms with van der Waals surface area (Å²) >= 11 is 0. The molecule has 25 heavy (non-hydrogen) atoms. The van der Waals surface area contributed by atoms with E-state index in [9.17, 15) is 0 Å². The van der Waals surface area contributed by atoms with Crippen molar-refractivity contribution >= 4 is 0 Å². The van der Waals surface area contributed by atoms with Crippen molar-refractivity contribution in [1.29, 1.82) is 0 Å². The summed E-state index contributed by atoms with van der Waals surface area (Å²) in [4.78, 5) is 0. The van der Waals surface area contributed by atoms with Crippen LogP contribution in [0.3, 0.4) is 0 Å². The lowest BCUT2D eigenvalue weighted by atomic mass is 9.85. The molecule has 0 saturated heterocycles. The second-order valence-electron chi connectivity index (χ2n) is 5.68. The molecule has 0 aliphatic rings. The van der Waals surface area contributed by atoms with Crippen molar-refractivity contribution in [2.45, 2.75) is 12.0 Å². The second-order valence-corrected chi connectivity index (χ2v) is 5.68. The lowest BCUT2D eigenvalue weighted by molar-refractivity contribution is 0.0450. The van der Waals surface area contributed by atoms with Crippen LogP contribution in [0.15, 0.2) is 91.0 Å². The highest BCUT2D eigenvalue weighted by molar-refractivity contribution is 5.42. The van der Waals surface area contributed by atoms with Gasteiger partial charge in [-0.25, -0.2) is 0 Å². The summed E-state index contributed by atoms with van der Waals surface area (Å²) in [6, 6.07) is 32.0. The van der Waals surface area contributed by atoms with Crippen LogP contribution in [0.5, 0.6) is 0 Å². The summed E-state index contributed by atoms with van der Waals surface area (Å²) < 4.78 is 0. The number of hydrogen-bond acceptors (Lipinski definition) is 3. The monoisotopic (exact) mass is 336 g/mol. The topological polar surface area (TPSA) is 60.7 Å². The highest BCUT2D eigenvalue weighted by Crippen LogP contribution is 2.31. The fourth-order valence-electron chi connectivity index (χ4n) is 2.57. The number of aliphatic hydroxyl groups excluding tert-OH is 3. The van der Waals surface area contributed by atoms with Gasteiger partial charge in [0.1, 0.15) is 6.10 Å². The Morgan fingerprint density at radius 1 is 0.520 bits per heavy atom. The van der Waals surface area contributed by atoms with Crippen LogP contribution in [-0.2, 0) is 0 Å². The Labute approximate surface area is 148 Å². The zero-order valence-corrected chi connectivity index (χ0v) is 14.1. The van der Waals surface area contributed by atoms with Gasteiger partial charge in [-0.15, -0.1) is 0 Å². The minimum atomic E-state index is -0.954. The molecule has 0 fully saturated rings. The quantitative estimate of drug-likeness (QED) is 0.627. The molecule has 0 amide bonds. The first kappa shape index (κ1) is 18.9. The van der Waals surface area contributed by atoms with Crippen molar-refractivity contribution in [3.63, 3.8) is 0 Å². The van der Waals surface area contributed by atoms with Crippen LogP contribution >= 0.6 is 0 Å². The maximum absolute atomic E-state index is 8.17. The molecule has 0 radical (unpaired) electrons. The molecule has 0 aliphatic carbocycles. The molecule has 3 heteroatoms. The Morgan fingerprint density at radius 3 is 1.00 bits per heavy atom. The van der Waals surface area contributed by atoms with E-state index in [1.165, 1.54) is 16.7 Å². The summed E-state index contributed by atoms with van der Waals surface area (Å²) in [5.74, 6) is 0.309. The Bertz CT molecular complexity index is 601. The summed E-state index contributed by atoms with van der Waals surface area (Å²) in [5, 5.41) is 24.0. The normalized spacial score (nSPS) is 10.4. The van der Waals surface area contributed by atoms with E-state index in [4.69, 9.17) is 15.3 Å². The first-order chi connectivity index (χ1) is 12.3. The summed E-state index contributed by atoms with van der Waals surface area (Å²) in [7, 11) is 0. The van der Waals surface area contributed by atoms with Gasteiger partial charge < -0.3 is 15.3 Å². The second kappa shape index (κ2) is 10.4. The molecule has 3 aromatic rings. The average Bonchev–Trinajstić information content (AvgIpc) is 2.70. The molecule has 0 aromatic heterocycles. The SMILES string of the molecule is OCC(O)CO.c1ccc(C(c2ccccc2)c2ccccc2)cc1. The molecular weight excluding hydrogens is 312 g/mol. The molecule has 0 atom stereocenters. The zero-order valence-electron chi connectivity index (χ0n) is 14.1. The first-order valence-electron chi connectivity index (χ1n) is 8.31. The van der Waals surface area contributed by atoms with E-state index in [0.29, 0.717) is 5.92 Å². The summed E-state index contributed by atoms with van der Waals surface area (Å²) in [6.07, 6.45) is -0.954. The molecule has 3 rings (SSSR count). The molecule has 0 spiro atoms. The smallest absolute Gasteiger partial charge is 0.100 e. The molecule has 0 bridgehead atoms. The van der Waals surface area contributed by atoms with Crippen molar-refractivity contribution in [2.24, 2.45) is 0 Å². The van der Waals surface area contributed by atoms with Gasteiger partial charge in [0, 0.05) is 5.92 Å². The van der Waals surface area contributed by atoms with E-state index in [2.05, 4.69) is 91.0 Å². The fourth-order valence-corrected chi connectivity index (χ4v) is 2.57. The predicted molar refractivity (Wildman–Crippen MR) is 100 cm³/mol. The summed E-state index contributed by atoms with van der Waals surface area (Å²) in [6.45, 7) is -0.729. The fraction of sp³-hybridized carbons (Fsp3) is 0.182. The maximum atomic E-state index is 8.17. The Morgan fingerprint density at radius 2 is 0.800 bits per heavy atom. The Balaban J connectivity index is 0.000000326. The molecule has 3 aromatic carbocycles. The van der Waals surface area contributed by atoms with Gasteiger partial charge in [-0.3, -0.25) is 0 Å². The largest absolute Gasteiger partial charge is 0.394 e. The highest BCUT2D eigenvalue weighted by Gasteiger charge is 2.15. The van der Waals surface area contributed by atoms with Gasteiger partial charge in [-0.1, -0.05) is 91.0 Å². The first-order valence-corrected chi connectivity index (χ1v) is 8.31. The van der Waals surface area contributed by atoms with E-state index in [0.717, 1.165) is 0 Å². The molecule has 0 aliphatic heterocycles. The number of rotatable bonds is 5. The molecule has 130 valence electrons. The third-order valence-corrected chi connectivity index (χ3v) is 3.82. The van der Waals surface area contributed by atoms with Gasteiger partial charge in [0.05, 0.1) is 13.2 Å². The van der Waals surface area contributed by atoms with E-state index in [1.54, 1.807) is 0 Å². The Hall–Kier alpha value is -2.46. The minimum Gasteiger partial charge on any atom is -0.394 e. The maximum Gasteiger partial charge on any atom is 0.100 e. The van der Waals surface area contributed by atoms with Crippen LogP contribution in [0, 0.1) is 0 Å². The van der Waals surface area contributed by atoms with E-state index < -0.39 is 6.10 Å². The standard InChI is InChI=1S/C19H16.C3H8O3/c1-4-10-16(11-5-1)19(17-12-6-2-7-13-17)18-14-8-3-9-15-18;4-1-3(6)2-5/h1-15,19H;3-6H,1-2H2. The van der Waals surface area contributed by atoms with Crippen LogP contribution in [0.2, 0.25) is 0 Å². The van der Waals surface area contributed by atoms with Gasteiger partial charge >= 0.3 is 0 Å². The van der Waals surface area contributed by atoms with Crippen molar-refractivity contribution in [2.75, 3.05) is 13.2 Å². The van der Waals surface area contributed by atoms with Gasteiger partial charge in [-0.2, -0.15) is 0 Å². The van der Waals surface area contributed by atoms with E-state index in [1.807, 2.05) is 0 Å². The van der Waals surface area contributed by atoms with E-state index >= 15 is 0 Å². The van der Waals surface area contributed by atoms with Crippen LogP contribution < -0.4 is 0 Å². The van der Waals surface area contributed by atoms with Crippen LogP contribution in [-0.4, -0.2) is 34.6 Å². The average molecular weight is 336 g/mol. The lowest BCUT2D eigenvalue weighted by Crippen LogP contribution is -2.15. The third-order valence-electron chi connectivity index (χ3n) is 3.82. The zero-order chi connectivity index (χ0) is 17.9. The lowest BCUT2D eigenvalue weighted by Gasteiger charge is -2.18. The van der Waals surface area contributed by atoms with Crippen molar-refractivity contribution in [3.05, 3.63) is 108 Å². The van der Waals surface area contributed by atoms with Gasteiger partial charge in [0.2, 0.25) is 0 Å². The predicted octanol–water partition coefficient (Wildman–Crippen LogP) is 3.20. The number of benzene rings is 3. The van der Waals surface area contributed by atoms with Crippen molar-refractivity contribution < 1.29 is 15.3 Å². The number of aliphatic hydroxyl groups is 3. The molecule has 3 nitrogen and oxygen atoms in total. The molecule has 0 saturated carbocycles. The molecule has 0 heterocycles. The molecule has 0 unspecified atom stereocenters. The molecule has 3 N–H and O–H groups in total. The molecular formula is C22H24O3. The third kappa shape index (κ3) is 5.84. The van der Waals surface area contributed by atoms with Gasteiger partial charge in [-0.05, 0) is 16.7 Å². The highest BCUT2D eigenvalue weighted by atomic mass is 16.3. The number of hydrogen-bond donors (Lipinski definition) is 3.